The molecule has 0 saturated heterocycles. The number of halogens is 1. The molecule has 0 spiro atoms. The van der Waals surface area contributed by atoms with E-state index >= 15 is 0 Å². The molecule has 1 unspecified atom stereocenters. The number of hydrogen-bond acceptors (Lipinski definition) is 2. The van der Waals surface area contributed by atoms with Crippen molar-refractivity contribution >= 4 is 5.91 Å². The Balaban J connectivity index is 1.66. The molecule has 26 heavy (non-hydrogen) atoms. The van der Waals surface area contributed by atoms with Gasteiger partial charge in [0.1, 0.15) is 5.82 Å². The Morgan fingerprint density at radius 1 is 1.19 bits per heavy atom. The molecule has 136 valence electrons. The summed E-state index contributed by atoms with van der Waals surface area (Å²) in [6.07, 6.45) is 12.1. The second kappa shape index (κ2) is 9.27. The summed E-state index contributed by atoms with van der Waals surface area (Å²) in [5, 5.41) is 3.07. The zero-order valence-electron chi connectivity index (χ0n) is 15.0. The Hall–Kier alpha value is -2.49. The lowest BCUT2D eigenvalue weighted by atomic mass is 9.91. The van der Waals surface area contributed by atoms with Crippen LogP contribution in [0.25, 0.3) is 0 Å². The van der Waals surface area contributed by atoms with Crippen molar-refractivity contribution in [1.82, 2.24) is 10.3 Å². The lowest BCUT2D eigenvalue weighted by Gasteiger charge is -2.18. The van der Waals surface area contributed by atoms with Crippen molar-refractivity contribution in [2.24, 2.45) is 0 Å². The topological polar surface area (TPSA) is 42.0 Å². The fourth-order valence-electron chi connectivity index (χ4n) is 3.41. The van der Waals surface area contributed by atoms with Crippen LogP contribution in [0.4, 0.5) is 4.39 Å². The Bertz CT molecular complexity index is 740. The Morgan fingerprint density at radius 3 is 2.73 bits per heavy atom. The molecule has 1 heterocycles. The van der Waals surface area contributed by atoms with E-state index < -0.39 is 0 Å². The second-order valence-electron chi connectivity index (χ2n) is 6.82. The molecule has 1 amide bonds. The third kappa shape index (κ3) is 5.25. The Kier molecular flexibility index (Phi) is 6.53. The first-order valence-electron chi connectivity index (χ1n) is 9.32. The van der Waals surface area contributed by atoms with Gasteiger partial charge in [-0.2, -0.15) is 0 Å². The van der Waals surface area contributed by atoms with Gasteiger partial charge in [0.05, 0.1) is 5.92 Å². The first-order chi connectivity index (χ1) is 12.7. The molecule has 1 aliphatic carbocycles. The minimum absolute atomic E-state index is 0.0168. The number of hydrogen-bond donors (Lipinski definition) is 1. The predicted molar refractivity (Wildman–Crippen MR) is 101 cm³/mol. The zero-order valence-corrected chi connectivity index (χ0v) is 15.0. The summed E-state index contributed by atoms with van der Waals surface area (Å²) in [4.78, 5) is 17.0. The summed E-state index contributed by atoms with van der Waals surface area (Å²) in [5.41, 5.74) is 3.26. The Labute approximate surface area is 154 Å². The smallest absolute Gasteiger partial charge is 0.227 e. The van der Waals surface area contributed by atoms with Gasteiger partial charge < -0.3 is 5.32 Å². The molecular formula is C22H25FN2O. The van der Waals surface area contributed by atoms with Crippen LogP contribution in [-0.4, -0.2) is 17.4 Å². The highest BCUT2D eigenvalue weighted by Crippen LogP contribution is 2.23. The molecular weight excluding hydrogens is 327 g/mol. The van der Waals surface area contributed by atoms with Gasteiger partial charge in [-0.05, 0) is 67.9 Å². The summed E-state index contributed by atoms with van der Waals surface area (Å²) < 4.78 is 13.3. The largest absolute Gasteiger partial charge is 0.355 e. The lowest BCUT2D eigenvalue weighted by molar-refractivity contribution is -0.122. The van der Waals surface area contributed by atoms with Crippen LogP contribution >= 0.6 is 0 Å². The summed E-state index contributed by atoms with van der Waals surface area (Å²) >= 11 is 0. The maximum absolute atomic E-state index is 13.3. The average molecular weight is 352 g/mol. The number of allylic oxidation sites excluding steroid dienone is 1. The van der Waals surface area contributed by atoms with Gasteiger partial charge in [-0.3, -0.25) is 9.78 Å². The number of rotatable bonds is 7. The molecule has 2 aromatic rings. The number of benzene rings is 1. The van der Waals surface area contributed by atoms with Crippen LogP contribution in [-0.2, 0) is 11.2 Å². The summed E-state index contributed by atoms with van der Waals surface area (Å²) in [6.45, 7) is 0.648. The van der Waals surface area contributed by atoms with Crippen molar-refractivity contribution in [1.29, 1.82) is 0 Å². The normalized spacial score (nSPS) is 15.2. The minimum Gasteiger partial charge on any atom is -0.355 e. The van der Waals surface area contributed by atoms with Gasteiger partial charge in [0, 0.05) is 18.9 Å². The predicted octanol–water partition coefficient (Wildman–Crippen LogP) is 4.55. The monoisotopic (exact) mass is 352 g/mol. The molecule has 1 aromatic heterocycles. The number of carbonyl (C=O) groups excluding carboxylic acids is 1. The van der Waals surface area contributed by atoms with Gasteiger partial charge in [-0.25, -0.2) is 4.39 Å². The Morgan fingerprint density at radius 2 is 2.04 bits per heavy atom. The highest BCUT2D eigenvalue weighted by atomic mass is 19.1. The SMILES string of the molecule is O=C(NCCC1=CCCCC1)C(Cc1cccnc1)c1ccc(F)cc1. The highest BCUT2D eigenvalue weighted by molar-refractivity contribution is 5.84. The molecule has 1 atom stereocenters. The van der Waals surface area contributed by atoms with Gasteiger partial charge in [0.25, 0.3) is 0 Å². The van der Waals surface area contributed by atoms with E-state index in [1.54, 1.807) is 24.5 Å². The first kappa shape index (κ1) is 18.3. The summed E-state index contributed by atoms with van der Waals surface area (Å²) in [7, 11) is 0. The second-order valence-corrected chi connectivity index (χ2v) is 6.82. The van der Waals surface area contributed by atoms with E-state index in [4.69, 9.17) is 0 Å². The minimum atomic E-state index is -0.347. The van der Waals surface area contributed by atoms with Gasteiger partial charge in [0.2, 0.25) is 5.91 Å². The zero-order chi connectivity index (χ0) is 18.2. The number of nitrogens with zero attached hydrogens (tertiary/aromatic N) is 1. The molecule has 1 N–H and O–H groups in total. The van der Waals surface area contributed by atoms with Crippen LogP contribution in [0.3, 0.4) is 0 Å². The highest BCUT2D eigenvalue weighted by Gasteiger charge is 2.21. The standard InChI is InChI=1S/C22H25FN2O/c23-20-10-8-19(9-11-20)21(15-18-7-4-13-24-16-18)22(26)25-14-12-17-5-2-1-3-6-17/h4-5,7-11,13,16,21H,1-3,6,12,14-15H2,(H,25,26). The van der Waals surface area contributed by atoms with E-state index in [9.17, 15) is 9.18 Å². The molecule has 4 heteroatoms. The summed E-state index contributed by atoms with van der Waals surface area (Å²) in [6, 6.07) is 10.0. The van der Waals surface area contributed by atoms with Crippen LogP contribution < -0.4 is 5.32 Å². The molecule has 0 radical (unpaired) electrons. The molecule has 0 bridgehead atoms. The summed E-state index contributed by atoms with van der Waals surface area (Å²) in [5.74, 6) is -0.657. The van der Waals surface area contributed by atoms with Crippen molar-refractivity contribution in [3.05, 3.63) is 77.4 Å². The average Bonchev–Trinajstić information content (AvgIpc) is 2.68. The molecule has 1 aliphatic rings. The van der Waals surface area contributed by atoms with Crippen LogP contribution in [0.15, 0.2) is 60.4 Å². The van der Waals surface area contributed by atoms with Crippen molar-refractivity contribution in [3.8, 4) is 0 Å². The number of pyridine rings is 1. The lowest BCUT2D eigenvalue weighted by Crippen LogP contribution is -2.31. The van der Waals surface area contributed by atoms with Gasteiger partial charge in [-0.15, -0.1) is 0 Å². The fraction of sp³-hybridized carbons (Fsp3) is 0.364. The van der Waals surface area contributed by atoms with Crippen molar-refractivity contribution in [2.75, 3.05) is 6.54 Å². The first-order valence-corrected chi connectivity index (χ1v) is 9.32. The van der Waals surface area contributed by atoms with Crippen LogP contribution in [0.2, 0.25) is 0 Å². The van der Waals surface area contributed by atoms with Gasteiger partial charge in [0.15, 0.2) is 0 Å². The van der Waals surface area contributed by atoms with Crippen molar-refractivity contribution in [3.63, 3.8) is 0 Å². The molecule has 1 aromatic carbocycles. The fourth-order valence-corrected chi connectivity index (χ4v) is 3.41. The maximum Gasteiger partial charge on any atom is 0.227 e. The number of nitrogens with one attached hydrogen (secondary N) is 1. The van der Waals surface area contributed by atoms with Crippen LogP contribution in [0.5, 0.6) is 0 Å². The molecule has 0 saturated carbocycles. The van der Waals surface area contributed by atoms with E-state index in [-0.39, 0.29) is 17.6 Å². The van der Waals surface area contributed by atoms with Crippen molar-refractivity contribution < 1.29 is 9.18 Å². The van der Waals surface area contributed by atoms with E-state index in [0.29, 0.717) is 13.0 Å². The quantitative estimate of drug-likeness (QED) is 0.743. The molecule has 0 fully saturated rings. The molecule has 3 nitrogen and oxygen atoms in total. The van der Waals surface area contributed by atoms with Crippen molar-refractivity contribution in [2.45, 2.75) is 44.4 Å². The third-order valence-electron chi connectivity index (χ3n) is 4.88. The maximum atomic E-state index is 13.3. The van der Waals surface area contributed by atoms with E-state index in [0.717, 1.165) is 30.4 Å². The number of aromatic nitrogens is 1. The van der Waals surface area contributed by atoms with Gasteiger partial charge >= 0.3 is 0 Å². The van der Waals surface area contributed by atoms with E-state index in [1.165, 1.54) is 30.5 Å². The molecule has 0 aliphatic heterocycles. The van der Waals surface area contributed by atoms with Crippen LogP contribution in [0.1, 0.15) is 49.1 Å². The van der Waals surface area contributed by atoms with E-state index in [2.05, 4.69) is 16.4 Å². The van der Waals surface area contributed by atoms with E-state index in [1.807, 2.05) is 12.1 Å². The third-order valence-corrected chi connectivity index (χ3v) is 4.88. The van der Waals surface area contributed by atoms with Crippen LogP contribution in [0, 0.1) is 5.82 Å². The number of amides is 1. The number of carbonyl (C=O) groups is 1. The van der Waals surface area contributed by atoms with Gasteiger partial charge in [-0.1, -0.05) is 29.8 Å². The molecule has 3 rings (SSSR count).